The molecule has 0 bridgehead atoms. The molecule has 7 aliphatic rings. The van der Waals surface area contributed by atoms with Crippen LogP contribution in [0, 0.1) is 65.1 Å². The molecule has 28 nitrogen and oxygen atoms in total. The van der Waals surface area contributed by atoms with Gasteiger partial charge in [-0.3, -0.25) is 37.9 Å². The summed E-state index contributed by atoms with van der Waals surface area (Å²) < 4.78 is 55.7. The summed E-state index contributed by atoms with van der Waals surface area (Å²) in [6.45, 7) is 6.73. The van der Waals surface area contributed by atoms with Crippen LogP contribution in [-0.2, 0) is 38.7 Å². The average molecular weight is 1610 g/mol. The number of hydrogen-bond acceptors (Lipinski definition) is 18. The van der Waals surface area contributed by atoms with E-state index >= 15 is 0 Å². The number of sulfonamides is 1. The Labute approximate surface area is 687 Å². The maximum Gasteiger partial charge on any atom is 1.00 e. The summed E-state index contributed by atoms with van der Waals surface area (Å²) in [4.78, 5) is 101. The van der Waals surface area contributed by atoms with E-state index in [1.807, 2.05) is 44.2 Å². The first kappa shape index (κ1) is 92.2. The molecular formula is C73H92BCl2KN11O17S3. The number of carboxylic acid groups (broad SMARTS) is 2. The van der Waals surface area contributed by atoms with Gasteiger partial charge in [0.2, 0.25) is 15.9 Å². The van der Waals surface area contributed by atoms with Crippen LogP contribution in [0.2, 0.25) is 10.0 Å². The first-order valence-corrected chi connectivity index (χ1v) is 40.3. The summed E-state index contributed by atoms with van der Waals surface area (Å²) in [5.74, 6) is -2.88. The van der Waals surface area contributed by atoms with E-state index in [-0.39, 0.29) is 161 Å². The van der Waals surface area contributed by atoms with Gasteiger partial charge in [-0.05, 0) is 183 Å². The van der Waals surface area contributed by atoms with Gasteiger partial charge in [-0.25, -0.2) is 13.1 Å². The van der Waals surface area contributed by atoms with Crippen molar-refractivity contribution in [3.8, 4) is 0 Å². The van der Waals surface area contributed by atoms with Gasteiger partial charge in [-0.15, -0.1) is 11.3 Å². The standard InChI is InChI=1S/C28H33Cl2N3O4S2.C15H16N4O2.C8H15N3O3S.C8H5NO2.C7H10O4.C7H14O2.B.K/c1-17(2)12-23(33-28(35)25-13-18-6-3-4-9-24(18)38-25)27(34)31-15-19-7-5-8-20(19)16-32-39(36,37)26-11-10-21(29)14-22(26)30;16-18-17-8-10-4-3-5-11(10)9-19-14(20)12-6-1-2-7-13(12)15(19)21;1-15(12,13)14-6-8-4-2-3-7(8)5-10-11-9;10-7-5-3-1-2-4-6(5)8(11)9-7;8-6(9)4-2-1-3-5(4)7(10)11;8-4-6-2-1-3-7(6)5-9;;/h3-4,6,9-11,13-14,17,19-20,23,32H,5,7-8,12,15-16H2,1-2H3,(H,31,34)(H,33,35);1-2,6-7,10-11H,3-5,8-9H2;7-8H,2-6H2,1H3;1-4H,(H,9,10,11);4-5H,1-3H2,(H,8,9)(H,10,11);6-9H,1-5H2;;/q;;;;;;;+1/p-1/t19-,20?,23+;10-,11-;7-,8-;;4-,5-;6-,7-;;/m110.10../s1. The molecule has 4 aromatic carbocycles. The van der Waals surface area contributed by atoms with Gasteiger partial charge >= 0.3 is 63.3 Å². The Bertz CT molecular complexity index is 4140. The number of carbonyl (C=O) groups excluding carboxylic acids is 6. The molecule has 2 aliphatic heterocycles. The Balaban J connectivity index is 0.000000254. The minimum absolute atomic E-state index is 0. The monoisotopic (exact) mass is 1610 g/mol. The number of fused-ring (bicyclic) bond motifs is 3. The van der Waals surface area contributed by atoms with Gasteiger partial charge in [0.05, 0.1) is 57.5 Å². The molecule has 108 heavy (non-hydrogen) atoms. The molecule has 5 saturated carbocycles. The van der Waals surface area contributed by atoms with Gasteiger partial charge in [-0.2, -0.15) is 8.42 Å². The number of aliphatic hydroxyl groups excluding tert-OH is 2. The fourth-order valence-corrected chi connectivity index (χ4v) is 17.8. The molecule has 1 unspecified atom stereocenters. The molecule has 1 aromatic heterocycles. The number of hydrogen-bond donors (Lipinski definition) is 7. The summed E-state index contributed by atoms with van der Waals surface area (Å²) in [5.41, 5.74) is 18.5. The Kier molecular flexibility index (Phi) is 38.6. The number of aliphatic hydroxyl groups is 2. The number of halogens is 2. The van der Waals surface area contributed by atoms with Crippen LogP contribution < -0.4 is 66.7 Å². The fraction of sp³-hybridized carbons (Fsp3) is 0.534. The van der Waals surface area contributed by atoms with E-state index in [0.29, 0.717) is 95.9 Å². The van der Waals surface area contributed by atoms with Crippen LogP contribution in [0.25, 0.3) is 36.3 Å². The number of nitrogens with one attached hydrogen (secondary N) is 3. The van der Waals surface area contributed by atoms with Crippen molar-refractivity contribution in [2.75, 3.05) is 58.8 Å². The molecule has 6 amide bonds. The zero-order valence-corrected chi connectivity index (χ0v) is 68.0. The minimum Gasteiger partial charge on any atom is -0.587 e. The van der Waals surface area contributed by atoms with Crippen LogP contribution in [0.1, 0.15) is 168 Å². The SMILES string of the molecule is CC(C)C[C@H](NC(=O)c1cc2ccccc2s1)C(=O)NC[C@H]1CCCC1CNS(=O)(=O)c1ccc(Cl)cc1Cl.CS(=O)(=O)OC[C@@H]1CCC[C@H]1CN=[N+]=[N-].O=C(O)[C@@H]1CCC[C@H]1C(=O)O.O=C1[N-]C(=O)c2ccccc21.OC[C@@H]1CCC[C@H]1CO.[B].[K+].[N-]=[N+]=NC[C@H]1CCC[C@@H]1CN1C(=O)c2ccccc2C1=O. The van der Waals surface area contributed by atoms with Crippen molar-refractivity contribution in [3.05, 3.63) is 160 Å². The van der Waals surface area contributed by atoms with Crippen molar-refractivity contribution >= 4 is 121 Å². The van der Waals surface area contributed by atoms with Crippen molar-refractivity contribution < 1.29 is 131 Å². The van der Waals surface area contributed by atoms with E-state index in [4.69, 9.17) is 58.9 Å². The Morgan fingerprint density at radius 1 is 0.639 bits per heavy atom. The normalized spacial score (nSPS) is 22.5. The predicted molar refractivity (Wildman–Crippen MR) is 406 cm³/mol. The number of azide groups is 2. The number of nitrogens with zero attached hydrogens (tertiary/aromatic N) is 8. The fourth-order valence-electron chi connectivity index (χ4n) is 14.5. The number of imide groups is 2. The van der Waals surface area contributed by atoms with Crippen LogP contribution in [0.15, 0.2) is 112 Å². The van der Waals surface area contributed by atoms with Crippen molar-refractivity contribution in [2.45, 2.75) is 128 Å². The maximum absolute atomic E-state index is 13.2. The van der Waals surface area contributed by atoms with Gasteiger partial charge in [-0.1, -0.05) is 134 Å². The third-order valence-corrected chi connectivity index (χ3v) is 24.1. The molecule has 7 N–H and O–H groups in total. The van der Waals surface area contributed by atoms with Crippen LogP contribution in [-0.4, -0.2) is 163 Å². The summed E-state index contributed by atoms with van der Waals surface area (Å²) in [6.07, 6.45) is 15.3. The number of carboxylic acids is 2. The summed E-state index contributed by atoms with van der Waals surface area (Å²) >= 11 is 13.4. The van der Waals surface area contributed by atoms with E-state index in [0.717, 1.165) is 87.0 Å². The second-order valence-electron chi connectivity index (χ2n) is 27.8. The second-order valence-corrected chi connectivity index (χ2v) is 33.1. The predicted octanol–water partition coefficient (Wildman–Crippen LogP) is 9.50. The molecule has 577 valence electrons. The molecule has 11 atom stereocenters. The second kappa shape index (κ2) is 45.2. The van der Waals surface area contributed by atoms with E-state index < -0.39 is 61.8 Å². The van der Waals surface area contributed by atoms with Gasteiger partial charge in [0.25, 0.3) is 27.8 Å². The third kappa shape index (κ3) is 27.2. The number of rotatable bonds is 24. The Hall–Kier alpha value is -6.36. The molecule has 5 fully saturated rings. The maximum atomic E-state index is 13.2. The molecule has 0 saturated heterocycles. The van der Waals surface area contributed by atoms with Gasteiger partial charge in [0, 0.05) is 85.0 Å². The van der Waals surface area contributed by atoms with Crippen molar-refractivity contribution in [2.24, 2.45) is 75.3 Å². The Morgan fingerprint density at radius 3 is 1.59 bits per heavy atom. The first-order chi connectivity index (χ1) is 50.6. The average Bonchev–Trinajstić information content (AvgIpc) is 1.60. The number of aliphatic carboxylic acids is 2. The largest absolute Gasteiger partial charge is 1.00 e. The van der Waals surface area contributed by atoms with Crippen molar-refractivity contribution in [1.29, 1.82) is 0 Å². The van der Waals surface area contributed by atoms with Crippen LogP contribution in [0.4, 0.5) is 0 Å². The summed E-state index contributed by atoms with van der Waals surface area (Å²) in [7, 11) is -7.16. The van der Waals surface area contributed by atoms with Crippen molar-refractivity contribution in [1.82, 2.24) is 20.3 Å². The number of thiophene rings is 1. The topological polar surface area (TPSA) is 446 Å². The molecule has 35 heteroatoms. The smallest absolute Gasteiger partial charge is 0.587 e. The van der Waals surface area contributed by atoms with E-state index in [9.17, 15) is 55.2 Å². The van der Waals surface area contributed by atoms with Crippen LogP contribution >= 0.6 is 34.5 Å². The molecule has 3 heterocycles. The van der Waals surface area contributed by atoms with Gasteiger partial charge in [0.1, 0.15) is 10.9 Å². The molecule has 12 rings (SSSR count). The van der Waals surface area contributed by atoms with Crippen molar-refractivity contribution in [3.63, 3.8) is 0 Å². The van der Waals surface area contributed by atoms with Crippen LogP contribution in [0.3, 0.4) is 0 Å². The van der Waals surface area contributed by atoms with E-state index in [1.165, 1.54) is 40.9 Å². The van der Waals surface area contributed by atoms with Gasteiger partial charge < -0.3 is 46.0 Å². The number of benzene rings is 4. The summed E-state index contributed by atoms with van der Waals surface area (Å²) in [6, 6.07) is 26.8. The minimum atomic E-state index is -3.80. The molecule has 5 aliphatic carbocycles. The molecule has 5 aromatic rings. The molecular weight excluding hydrogens is 1520 g/mol. The van der Waals surface area contributed by atoms with E-state index in [1.54, 1.807) is 48.5 Å². The third-order valence-electron chi connectivity index (χ3n) is 20.3. The Morgan fingerprint density at radius 2 is 1.10 bits per heavy atom. The zero-order chi connectivity index (χ0) is 77.3. The number of carbonyl (C=O) groups is 8. The van der Waals surface area contributed by atoms with E-state index in [2.05, 4.69) is 40.7 Å². The van der Waals surface area contributed by atoms with Gasteiger partial charge in [0.15, 0.2) is 0 Å². The quantitative estimate of drug-likeness (QED) is 0.00754. The molecule has 3 radical (unpaired) electrons. The zero-order valence-electron chi connectivity index (χ0n) is 60.9. The summed E-state index contributed by atoms with van der Waals surface area (Å²) in [5, 5.41) is 52.5. The number of amides is 6. The molecule has 0 spiro atoms. The first-order valence-electron chi connectivity index (χ1n) is 35.5. The van der Waals surface area contributed by atoms with Crippen LogP contribution in [0.5, 0.6) is 0 Å².